The molecule has 0 saturated carbocycles. The third-order valence-electron chi connectivity index (χ3n) is 2.62. The number of amides is 1. The standard InChI is InChI=1S/C10H17N3O3S2/c1-4-13(3)10-8(18(15,16)5-2)6(11)7(17-10)9(12)14/h4-5,11H2,1-3H3,(H2,12,14). The van der Waals surface area contributed by atoms with Crippen molar-refractivity contribution in [3.63, 3.8) is 0 Å². The second kappa shape index (κ2) is 5.15. The molecule has 0 bridgehead atoms. The van der Waals surface area contributed by atoms with Crippen LogP contribution in [0.1, 0.15) is 23.5 Å². The van der Waals surface area contributed by atoms with Gasteiger partial charge in [0.25, 0.3) is 5.91 Å². The third-order valence-corrected chi connectivity index (χ3v) is 5.88. The Kier molecular flexibility index (Phi) is 4.23. The lowest BCUT2D eigenvalue weighted by atomic mass is 10.4. The van der Waals surface area contributed by atoms with E-state index in [4.69, 9.17) is 11.5 Å². The van der Waals surface area contributed by atoms with Crippen LogP contribution in [0.15, 0.2) is 4.90 Å². The van der Waals surface area contributed by atoms with E-state index < -0.39 is 15.7 Å². The SMILES string of the molecule is CCN(C)c1sc(C(N)=O)c(N)c1S(=O)(=O)CC. The van der Waals surface area contributed by atoms with Gasteiger partial charge in [0, 0.05) is 13.6 Å². The largest absolute Gasteiger partial charge is 0.396 e. The molecule has 0 saturated heterocycles. The number of anilines is 2. The van der Waals surface area contributed by atoms with Crippen LogP contribution in [-0.2, 0) is 9.84 Å². The Labute approximate surface area is 110 Å². The van der Waals surface area contributed by atoms with Crippen molar-refractivity contribution in [3.05, 3.63) is 4.88 Å². The summed E-state index contributed by atoms with van der Waals surface area (Å²) in [5.74, 6) is -0.780. The maximum absolute atomic E-state index is 12.0. The quantitative estimate of drug-likeness (QED) is 0.829. The summed E-state index contributed by atoms with van der Waals surface area (Å²) in [6.07, 6.45) is 0. The van der Waals surface area contributed by atoms with Crippen molar-refractivity contribution in [2.45, 2.75) is 18.7 Å². The Hall–Kier alpha value is -1.28. The molecule has 1 aromatic rings. The predicted octanol–water partition coefficient (Wildman–Crippen LogP) is 0.679. The molecular weight excluding hydrogens is 274 g/mol. The molecule has 1 amide bonds. The van der Waals surface area contributed by atoms with Gasteiger partial charge in [0.1, 0.15) is 14.8 Å². The minimum absolute atomic E-state index is 0.0214. The lowest BCUT2D eigenvalue weighted by Crippen LogP contribution is -2.18. The van der Waals surface area contributed by atoms with E-state index in [9.17, 15) is 13.2 Å². The lowest BCUT2D eigenvalue weighted by molar-refractivity contribution is 0.100. The molecule has 8 heteroatoms. The molecule has 4 N–H and O–H groups in total. The van der Waals surface area contributed by atoms with E-state index in [0.717, 1.165) is 11.3 Å². The number of carbonyl (C=O) groups excluding carboxylic acids is 1. The fourth-order valence-corrected chi connectivity index (χ4v) is 4.15. The highest BCUT2D eigenvalue weighted by Crippen LogP contribution is 2.41. The van der Waals surface area contributed by atoms with Gasteiger partial charge in [0.2, 0.25) is 0 Å². The molecule has 1 aromatic heterocycles. The van der Waals surface area contributed by atoms with Gasteiger partial charge in [0.15, 0.2) is 9.84 Å². The number of sulfone groups is 1. The van der Waals surface area contributed by atoms with Crippen LogP contribution >= 0.6 is 11.3 Å². The van der Waals surface area contributed by atoms with Gasteiger partial charge in [-0.3, -0.25) is 4.79 Å². The Bertz CT molecular complexity index is 563. The van der Waals surface area contributed by atoms with E-state index in [1.54, 1.807) is 11.9 Å². The van der Waals surface area contributed by atoms with Crippen molar-refractivity contribution < 1.29 is 13.2 Å². The van der Waals surface area contributed by atoms with E-state index in [0.29, 0.717) is 11.5 Å². The molecule has 0 fully saturated rings. The molecule has 102 valence electrons. The summed E-state index contributed by atoms with van der Waals surface area (Å²) >= 11 is 1.02. The van der Waals surface area contributed by atoms with E-state index in [1.165, 1.54) is 6.92 Å². The summed E-state index contributed by atoms with van der Waals surface area (Å²) in [6, 6.07) is 0. The minimum atomic E-state index is -3.49. The number of hydrogen-bond donors (Lipinski definition) is 2. The third kappa shape index (κ3) is 2.44. The second-order valence-electron chi connectivity index (χ2n) is 3.76. The van der Waals surface area contributed by atoms with E-state index in [2.05, 4.69) is 0 Å². The van der Waals surface area contributed by atoms with Crippen molar-refractivity contribution in [1.29, 1.82) is 0 Å². The normalized spacial score (nSPS) is 11.5. The maximum atomic E-state index is 12.0. The van der Waals surface area contributed by atoms with Crippen molar-refractivity contribution in [2.75, 3.05) is 30.0 Å². The number of carbonyl (C=O) groups is 1. The summed E-state index contributed by atoms with van der Waals surface area (Å²) in [4.78, 5) is 13.1. The maximum Gasteiger partial charge on any atom is 0.261 e. The average molecular weight is 291 g/mol. The Morgan fingerprint density at radius 1 is 1.39 bits per heavy atom. The summed E-state index contributed by atoms with van der Waals surface area (Å²) < 4.78 is 24.1. The van der Waals surface area contributed by atoms with Crippen LogP contribution in [0.2, 0.25) is 0 Å². The monoisotopic (exact) mass is 291 g/mol. The van der Waals surface area contributed by atoms with Gasteiger partial charge >= 0.3 is 0 Å². The number of nitrogens with zero attached hydrogens (tertiary/aromatic N) is 1. The van der Waals surface area contributed by atoms with Crippen LogP contribution in [0, 0.1) is 0 Å². The van der Waals surface area contributed by atoms with Crippen molar-refractivity contribution in [3.8, 4) is 0 Å². The summed E-state index contributed by atoms with van der Waals surface area (Å²) in [7, 11) is -1.75. The average Bonchev–Trinajstić information content (AvgIpc) is 2.66. The molecule has 0 unspecified atom stereocenters. The molecule has 1 rings (SSSR count). The van der Waals surface area contributed by atoms with Crippen LogP contribution in [0.25, 0.3) is 0 Å². The first kappa shape index (κ1) is 14.8. The molecule has 0 spiro atoms. The smallest absolute Gasteiger partial charge is 0.261 e. The van der Waals surface area contributed by atoms with Gasteiger partial charge in [-0.25, -0.2) is 8.42 Å². The number of primary amides is 1. The predicted molar refractivity (Wildman–Crippen MR) is 73.9 cm³/mol. The molecule has 0 atom stereocenters. The zero-order chi connectivity index (χ0) is 14.1. The van der Waals surface area contributed by atoms with Crippen molar-refractivity contribution in [1.82, 2.24) is 0 Å². The molecule has 0 aromatic carbocycles. The number of hydrogen-bond acceptors (Lipinski definition) is 6. The van der Waals surface area contributed by atoms with Gasteiger partial charge in [0.05, 0.1) is 11.4 Å². The van der Waals surface area contributed by atoms with Crippen molar-refractivity contribution in [2.24, 2.45) is 5.73 Å². The van der Waals surface area contributed by atoms with E-state index in [1.807, 2.05) is 6.92 Å². The number of rotatable bonds is 5. The molecule has 0 aliphatic rings. The molecule has 0 aliphatic heterocycles. The molecule has 18 heavy (non-hydrogen) atoms. The lowest BCUT2D eigenvalue weighted by Gasteiger charge is -2.16. The highest BCUT2D eigenvalue weighted by molar-refractivity contribution is 7.92. The number of nitrogen functional groups attached to an aromatic ring is 1. The summed E-state index contributed by atoms with van der Waals surface area (Å²) in [5, 5.41) is 0.464. The van der Waals surface area contributed by atoms with Crippen LogP contribution in [0.4, 0.5) is 10.7 Å². The summed E-state index contributed by atoms with van der Waals surface area (Å²) in [5.41, 5.74) is 10.9. The van der Waals surface area contributed by atoms with Crippen LogP contribution in [0.5, 0.6) is 0 Å². The topological polar surface area (TPSA) is 106 Å². The van der Waals surface area contributed by atoms with Gasteiger partial charge < -0.3 is 16.4 Å². The molecule has 0 aliphatic carbocycles. The highest BCUT2D eigenvalue weighted by atomic mass is 32.2. The van der Waals surface area contributed by atoms with Crippen molar-refractivity contribution >= 4 is 37.8 Å². The van der Waals surface area contributed by atoms with E-state index in [-0.39, 0.29) is 21.2 Å². The Balaban J connectivity index is 3.61. The molecule has 1 heterocycles. The fraction of sp³-hybridized carbons (Fsp3) is 0.500. The Morgan fingerprint density at radius 3 is 2.33 bits per heavy atom. The Morgan fingerprint density at radius 2 is 1.94 bits per heavy atom. The van der Waals surface area contributed by atoms with Gasteiger partial charge in [-0.2, -0.15) is 0 Å². The van der Waals surface area contributed by atoms with E-state index >= 15 is 0 Å². The van der Waals surface area contributed by atoms with Gasteiger partial charge in [-0.05, 0) is 6.92 Å². The first-order valence-electron chi connectivity index (χ1n) is 5.42. The number of nitrogens with two attached hydrogens (primary N) is 2. The van der Waals surface area contributed by atoms with Crippen LogP contribution < -0.4 is 16.4 Å². The second-order valence-corrected chi connectivity index (χ2v) is 6.98. The first-order valence-corrected chi connectivity index (χ1v) is 7.89. The fourth-order valence-electron chi connectivity index (χ4n) is 1.44. The molecule has 6 nitrogen and oxygen atoms in total. The van der Waals surface area contributed by atoms with Crippen LogP contribution in [0.3, 0.4) is 0 Å². The first-order chi connectivity index (χ1) is 8.26. The highest BCUT2D eigenvalue weighted by Gasteiger charge is 2.29. The van der Waals surface area contributed by atoms with Gasteiger partial charge in [-0.15, -0.1) is 11.3 Å². The van der Waals surface area contributed by atoms with Crippen LogP contribution in [-0.4, -0.2) is 33.7 Å². The molecular formula is C10H17N3O3S2. The van der Waals surface area contributed by atoms with Gasteiger partial charge in [-0.1, -0.05) is 6.92 Å². The zero-order valence-electron chi connectivity index (χ0n) is 10.6. The number of thiophene rings is 1. The molecule has 0 radical (unpaired) electrons. The zero-order valence-corrected chi connectivity index (χ0v) is 12.2. The summed E-state index contributed by atoms with van der Waals surface area (Å²) in [6.45, 7) is 4.01. The minimum Gasteiger partial charge on any atom is -0.396 e.